The van der Waals surface area contributed by atoms with E-state index in [4.69, 9.17) is 11.6 Å². The lowest BCUT2D eigenvalue weighted by Gasteiger charge is -2.13. The molecule has 1 unspecified atom stereocenters. The van der Waals surface area contributed by atoms with Crippen molar-refractivity contribution in [2.45, 2.75) is 26.3 Å². The number of rotatable bonds is 4. The van der Waals surface area contributed by atoms with Crippen LogP contribution in [0.3, 0.4) is 0 Å². The molecule has 3 aromatic rings. The molecule has 134 valence electrons. The molecule has 1 heterocycles. The first-order valence-electron chi connectivity index (χ1n) is 8.10. The third kappa shape index (κ3) is 3.43. The summed E-state index contributed by atoms with van der Waals surface area (Å²) in [7, 11) is 0. The van der Waals surface area contributed by atoms with E-state index in [2.05, 4.69) is 4.99 Å². The van der Waals surface area contributed by atoms with Crippen LogP contribution in [0.4, 0.5) is 0 Å². The molecule has 1 amide bonds. The Labute approximate surface area is 159 Å². The molecule has 0 saturated carbocycles. The molecule has 5 nitrogen and oxygen atoms in total. The van der Waals surface area contributed by atoms with Crippen LogP contribution >= 0.6 is 22.9 Å². The van der Waals surface area contributed by atoms with E-state index < -0.39 is 17.9 Å². The van der Waals surface area contributed by atoms with Crippen molar-refractivity contribution in [3.8, 4) is 0 Å². The molecule has 1 atom stereocenters. The van der Waals surface area contributed by atoms with Gasteiger partial charge in [0.25, 0.3) is 5.91 Å². The Morgan fingerprint density at radius 3 is 2.54 bits per heavy atom. The van der Waals surface area contributed by atoms with Crippen molar-refractivity contribution in [2.75, 3.05) is 0 Å². The lowest BCUT2D eigenvalue weighted by molar-refractivity contribution is -0.140. The van der Waals surface area contributed by atoms with Crippen molar-refractivity contribution in [1.82, 2.24) is 4.57 Å². The molecule has 2 aromatic carbocycles. The standard InChI is InChI=1S/C19H17ClN2O3S/c1-3-14(18(24)25)22-15-6-4-5-13(20)16(15)26-19(22)21-17(23)12-9-7-11(2)8-10-12/h4-10,14H,3H2,1-2H3,(H,24,25)/b21-19-. The molecule has 3 rings (SSSR count). The minimum atomic E-state index is -0.976. The highest BCUT2D eigenvalue weighted by Gasteiger charge is 2.22. The fourth-order valence-electron chi connectivity index (χ4n) is 2.72. The molecule has 0 spiro atoms. The number of hydrogen-bond donors (Lipinski definition) is 1. The first-order chi connectivity index (χ1) is 12.4. The molecule has 0 bridgehead atoms. The monoisotopic (exact) mass is 388 g/mol. The number of halogens is 1. The van der Waals surface area contributed by atoms with Crippen LogP contribution < -0.4 is 4.80 Å². The zero-order chi connectivity index (χ0) is 18.8. The smallest absolute Gasteiger partial charge is 0.326 e. The summed E-state index contributed by atoms with van der Waals surface area (Å²) in [6.07, 6.45) is 0.361. The highest BCUT2D eigenvalue weighted by atomic mass is 35.5. The number of aliphatic carboxylic acids is 1. The van der Waals surface area contributed by atoms with Crippen LogP contribution in [-0.4, -0.2) is 21.6 Å². The largest absolute Gasteiger partial charge is 0.480 e. The van der Waals surface area contributed by atoms with Gasteiger partial charge in [0.15, 0.2) is 4.80 Å². The number of carbonyl (C=O) groups excluding carboxylic acids is 1. The molecule has 0 aliphatic rings. The number of hydrogen-bond acceptors (Lipinski definition) is 3. The molecular weight excluding hydrogens is 372 g/mol. The molecular formula is C19H17ClN2O3S. The van der Waals surface area contributed by atoms with E-state index in [1.54, 1.807) is 41.8 Å². The predicted molar refractivity (Wildman–Crippen MR) is 103 cm³/mol. The summed E-state index contributed by atoms with van der Waals surface area (Å²) in [5.74, 6) is -1.39. The van der Waals surface area contributed by atoms with Crippen LogP contribution in [0.2, 0.25) is 5.02 Å². The van der Waals surface area contributed by atoms with Gasteiger partial charge in [-0.25, -0.2) is 4.79 Å². The first-order valence-corrected chi connectivity index (χ1v) is 9.30. The van der Waals surface area contributed by atoms with Crippen LogP contribution in [0, 0.1) is 6.92 Å². The van der Waals surface area contributed by atoms with E-state index in [-0.39, 0.29) is 0 Å². The second-order valence-corrected chi connectivity index (χ2v) is 7.27. The first kappa shape index (κ1) is 18.4. The number of carboxylic acid groups (broad SMARTS) is 1. The average Bonchev–Trinajstić information content (AvgIpc) is 2.95. The second-order valence-electron chi connectivity index (χ2n) is 5.89. The number of amides is 1. The Hall–Kier alpha value is -2.44. The van der Waals surface area contributed by atoms with Gasteiger partial charge >= 0.3 is 5.97 Å². The summed E-state index contributed by atoms with van der Waals surface area (Å²) in [5, 5.41) is 10.1. The molecule has 0 aliphatic heterocycles. The molecule has 26 heavy (non-hydrogen) atoms. The number of carbonyl (C=O) groups is 2. The van der Waals surface area contributed by atoms with Crippen LogP contribution in [0.1, 0.15) is 35.3 Å². The normalized spacial score (nSPS) is 13.1. The zero-order valence-corrected chi connectivity index (χ0v) is 15.8. The highest BCUT2D eigenvalue weighted by molar-refractivity contribution is 7.17. The Morgan fingerprint density at radius 1 is 1.23 bits per heavy atom. The summed E-state index contributed by atoms with van der Waals surface area (Å²) in [5.41, 5.74) is 2.16. The molecule has 0 aliphatic carbocycles. The number of aryl methyl sites for hydroxylation is 1. The third-order valence-electron chi connectivity index (χ3n) is 4.08. The van der Waals surface area contributed by atoms with Crippen molar-refractivity contribution in [1.29, 1.82) is 0 Å². The third-order valence-corrected chi connectivity index (χ3v) is 5.62. The summed E-state index contributed by atoms with van der Waals surface area (Å²) in [6.45, 7) is 3.72. The van der Waals surface area contributed by atoms with E-state index in [9.17, 15) is 14.7 Å². The maximum atomic E-state index is 12.6. The van der Waals surface area contributed by atoms with Gasteiger partial charge in [0.05, 0.1) is 15.2 Å². The van der Waals surface area contributed by atoms with Crippen molar-refractivity contribution >= 4 is 45.0 Å². The molecule has 0 fully saturated rings. The second kappa shape index (κ2) is 7.43. The summed E-state index contributed by atoms with van der Waals surface area (Å²) < 4.78 is 2.30. The van der Waals surface area contributed by atoms with E-state index in [0.717, 1.165) is 5.56 Å². The van der Waals surface area contributed by atoms with Crippen LogP contribution in [0.25, 0.3) is 10.2 Å². The van der Waals surface area contributed by atoms with E-state index in [1.165, 1.54) is 11.3 Å². The van der Waals surface area contributed by atoms with Gasteiger partial charge in [-0.05, 0) is 37.6 Å². The van der Waals surface area contributed by atoms with Crippen LogP contribution in [-0.2, 0) is 4.79 Å². The Bertz CT molecular complexity index is 1050. The highest BCUT2D eigenvalue weighted by Crippen LogP contribution is 2.28. The van der Waals surface area contributed by atoms with Gasteiger partial charge in [0, 0.05) is 5.56 Å². The van der Waals surface area contributed by atoms with E-state index >= 15 is 0 Å². The van der Waals surface area contributed by atoms with E-state index in [0.29, 0.717) is 32.0 Å². The number of aromatic nitrogens is 1. The van der Waals surface area contributed by atoms with Crippen molar-refractivity contribution in [2.24, 2.45) is 4.99 Å². The summed E-state index contributed by atoms with van der Waals surface area (Å²) >= 11 is 7.48. The van der Waals surface area contributed by atoms with Gasteiger partial charge in [-0.3, -0.25) is 4.79 Å². The van der Waals surface area contributed by atoms with Crippen molar-refractivity contribution < 1.29 is 14.7 Å². The summed E-state index contributed by atoms with van der Waals surface area (Å²) in [4.78, 5) is 28.8. The fraction of sp³-hybridized carbons (Fsp3) is 0.211. The molecule has 7 heteroatoms. The number of fused-ring (bicyclic) bond motifs is 1. The fourth-order valence-corrected chi connectivity index (χ4v) is 4.08. The quantitative estimate of drug-likeness (QED) is 0.718. The summed E-state index contributed by atoms with van der Waals surface area (Å²) in [6, 6.07) is 11.5. The average molecular weight is 389 g/mol. The number of nitrogens with zero attached hydrogens (tertiary/aromatic N) is 2. The topological polar surface area (TPSA) is 71.7 Å². The molecule has 1 N–H and O–H groups in total. The SMILES string of the molecule is CCC(C(=O)O)n1/c(=N/C(=O)c2ccc(C)cc2)sc2c(Cl)cccc21. The molecule has 0 radical (unpaired) electrons. The number of thiazole rings is 1. The van der Waals surface area contributed by atoms with Gasteiger partial charge < -0.3 is 9.67 Å². The van der Waals surface area contributed by atoms with Gasteiger partial charge in [-0.15, -0.1) is 0 Å². The molecule has 0 saturated heterocycles. The van der Waals surface area contributed by atoms with Gasteiger partial charge in [0.1, 0.15) is 6.04 Å². The number of benzene rings is 2. The predicted octanol–water partition coefficient (Wildman–Crippen LogP) is 4.44. The Balaban J connectivity index is 2.24. The number of carboxylic acids is 1. The van der Waals surface area contributed by atoms with E-state index in [1.807, 2.05) is 19.1 Å². The van der Waals surface area contributed by atoms with Gasteiger partial charge in [-0.1, -0.05) is 53.6 Å². The minimum absolute atomic E-state index is 0.327. The Kier molecular flexibility index (Phi) is 5.25. The molecule has 1 aromatic heterocycles. The minimum Gasteiger partial charge on any atom is -0.480 e. The van der Waals surface area contributed by atoms with Gasteiger partial charge in [-0.2, -0.15) is 4.99 Å². The maximum Gasteiger partial charge on any atom is 0.326 e. The van der Waals surface area contributed by atoms with Crippen molar-refractivity contribution in [3.63, 3.8) is 0 Å². The lowest BCUT2D eigenvalue weighted by Crippen LogP contribution is -2.27. The van der Waals surface area contributed by atoms with Crippen LogP contribution in [0.15, 0.2) is 47.5 Å². The van der Waals surface area contributed by atoms with Crippen LogP contribution in [0.5, 0.6) is 0 Å². The van der Waals surface area contributed by atoms with Gasteiger partial charge in [0.2, 0.25) is 0 Å². The van der Waals surface area contributed by atoms with Crippen molar-refractivity contribution in [3.05, 3.63) is 63.4 Å². The zero-order valence-electron chi connectivity index (χ0n) is 14.3. The maximum absolute atomic E-state index is 12.6. The lowest BCUT2D eigenvalue weighted by atomic mass is 10.1. The Morgan fingerprint density at radius 2 is 1.92 bits per heavy atom.